The molecule has 40 heavy (non-hydrogen) atoms. The van der Waals surface area contributed by atoms with Gasteiger partial charge in [-0.15, -0.1) is 0 Å². The molecule has 8 nitrogen and oxygen atoms in total. The number of carbonyl (C=O) groups excluding carboxylic acids is 2. The van der Waals surface area contributed by atoms with Gasteiger partial charge in [0.25, 0.3) is 15.9 Å². The number of hydrogen-bond acceptors (Lipinski definition) is 6. The van der Waals surface area contributed by atoms with Crippen LogP contribution >= 0.6 is 0 Å². The molecule has 4 aromatic rings. The largest absolute Gasteiger partial charge is 0.482 e. The number of rotatable bonds is 9. The molecule has 1 amide bonds. The minimum atomic E-state index is -3.78. The van der Waals surface area contributed by atoms with Crippen molar-refractivity contribution in [3.8, 4) is 5.75 Å². The fourth-order valence-corrected chi connectivity index (χ4v) is 6.08. The predicted octanol–water partition coefficient (Wildman–Crippen LogP) is 4.78. The van der Waals surface area contributed by atoms with E-state index >= 15 is 0 Å². The van der Waals surface area contributed by atoms with Gasteiger partial charge in [-0.3, -0.25) is 9.10 Å². The molecule has 4 aromatic carbocycles. The maximum Gasteiger partial charge on any atom is 0.344 e. The van der Waals surface area contributed by atoms with Gasteiger partial charge in [-0.25, -0.2) is 13.2 Å². The van der Waals surface area contributed by atoms with E-state index in [2.05, 4.69) is 11.4 Å². The van der Waals surface area contributed by atoms with E-state index in [1.54, 1.807) is 42.5 Å². The van der Waals surface area contributed by atoms with E-state index in [0.29, 0.717) is 11.4 Å². The molecule has 0 aromatic heterocycles. The van der Waals surface area contributed by atoms with Gasteiger partial charge in [0.2, 0.25) is 0 Å². The first-order valence-corrected chi connectivity index (χ1v) is 14.5. The standard InChI is InChI=1S/C31H30N2O6S/c1-33(40(36,37)27-18-13-22-7-2-3-9-24(22)19-27)25-14-16-26(17-15-25)38-21-31(35)39-20-30(34)32-29-12-6-10-23-8-4-5-11-28(23)29/h2-5,7-9,11,13-19,29H,6,10,12,20-21H2,1H3,(H,32,34). The molecule has 1 atom stereocenters. The Labute approximate surface area is 233 Å². The molecule has 0 saturated heterocycles. The number of sulfonamides is 1. The molecular weight excluding hydrogens is 528 g/mol. The molecule has 0 saturated carbocycles. The molecule has 1 N–H and O–H groups in total. The van der Waals surface area contributed by atoms with Gasteiger partial charge in [-0.2, -0.15) is 0 Å². The Bertz CT molecular complexity index is 1640. The molecular formula is C31H30N2O6S. The number of ether oxygens (including phenoxy) is 2. The highest BCUT2D eigenvalue weighted by atomic mass is 32.2. The third kappa shape index (κ3) is 6.10. The summed E-state index contributed by atoms with van der Waals surface area (Å²) in [5.41, 5.74) is 2.77. The Balaban J connectivity index is 1.11. The van der Waals surface area contributed by atoms with Crippen LogP contribution in [0.1, 0.15) is 30.0 Å². The summed E-state index contributed by atoms with van der Waals surface area (Å²) in [6.07, 6.45) is 2.82. The summed E-state index contributed by atoms with van der Waals surface area (Å²) in [6.45, 7) is -0.776. The van der Waals surface area contributed by atoms with Gasteiger partial charge in [0.15, 0.2) is 13.2 Å². The average Bonchev–Trinajstić information content (AvgIpc) is 2.98. The number of amides is 1. The monoisotopic (exact) mass is 558 g/mol. The highest BCUT2D eigenvalue weighted by molar-refractivity contribution is 7.92. The van der Waals surface area contributed by atoms with E-state index < -0.39 is 22.6 Å². The van der Waals surface area contributed by atoms with E-state index in [1.165, 1.54) is 16.9 Å². The summed E-state index contributed by atoms with van der Waals surface area (Å²) in [6, 6.07) is 26.9. The van der Waals surface area contributed by atoms with Gasteiger partial charge >= 0.3 is 5.97 Å². The molecule has 9 heteroatoms. The van der Waals surface area contributed by atoms with Crippen molar-refractivity contribution in [1.29, 1.82) is 0 Å². The number of carbonyl (C=O) groups is 2. The van der Waals surface area contributed by atoms with Gasteiger partial charge < -0.3 is 14.8 Å². The summed E-state index contributed by atoms with van der Waals surface area (Å²) in [5, 5.41) is 4.74. The number of esters is 1. The molecule has 0 fully saturated rings. The van der Waals surface area contributed by atoms with Gasteiger partial charge in [-0.05, 0) is 77.6 Å². The van der Waals surface area contributed by atoms with Crippen molar-refractivity contribution in [2.24, 2.45) is 0 Å². The molecule has 5 rings (SSSR count). The highest BCUT2D eigenvalue weighted by Crippen LogP contribution is 2.29. The van der Waals surface area contributed by atoms with Crippen LogP contribution in [0.15, 0.2) is 95.9 Å². The molecule has 1 aliphatic rings. The second-order valence-corrected chi connectivity index (χ2v) is 11.6. The van der Waals surface area contributed by atoms with Crippen LogP contribution in [0.3, 0.4) is 0 Å². The Kier molecular flexibility index (Phi) is 8.02. The van der Waals surface area contributed by atoms with Crippen molar-refractivity contribution < 1.29 is 27.5 Å². The van der Waals surface area contributed by atoms with Crippen molar-refractivity contribution in [2.45, 2.75) is 30.2 Å². The Morgan fingerprint density at radius 1 is 0.900 bits per heavy atom. The smallest absolute Gasteiger partial charge is 0.344 e. The van der Waals surface area contributed by atoms with Crippen LogP contribution in [0.5, 0.6) is 5.75 Å². The maximum absolute atomic E-state index is 13.2. The molecule has 0 radical (unpaired) electrons. The molecule has 0 aliphatic heterocycles. The van der Waals surface area contributed by atoms with E-state index in [0.717, 1.165) is 35.6 Å². The Morgan fingerprint density at radius 3 is 2.42 bits per heavy atom. The second kappa shape index (κ2) is 11.8. The van der Waals surface area contributed by atoms with Crippen LogP contribution < -0.4 is 14.4 Å². The topological polar surface area (TPSA) is 102 Å². The number of nitrogens with one attached hydrogen (secondary N) is 1. The average molecular weight is 559 g/mol. The first-order valence-electron chi connectivity index (χ1n) is 13.0. The number of benzene rings is 4. The minimum Gasteiger partial charge on any atom is -0.482 e. The van der Waals surface area contributed by atoms with Gasteiger partial charge in [-0.1, -0.05) is 54.6 Å². The zero-order valence-corrected chi connectivity index (χ0v) is 22.9. The quantitative estimate of drug-likeness (QED) is 0.297. The van der Waals surface area contributed by atoms with Crippen molar-refractivity contribution in [2.75, 3.05) is 24.6 Å². The summed E-state index contributed by atoms with van der Waals surface area (Å²) in [7, 11) is -2.30. The lowest BCUT2D eigenvalue weighted by Crippen LogP contribution is -2.34. The maximum atomic E-state index is 13.2. The normalized spacial score (nSPS) is 14.7. The summed E-state index contributed by atoms with van der Waals surface area (Å²) in [4.78, 5) is 24.7. The van der Waals surface area contributed by atoms with Gasteiger partial charge in [0.05, 0.1) is 16.6 Å². The number of nitrogens with zero attached hydrogens (tertiary/aromatic N) is 1. The van der Waals surface area contributed by atoms with Crippen LogP contribution in [0, 0.1) is 0 Å². The summed E-state index contributed by atoms with van der Waals surface area (Å²) >= 11 is 0. The lowest BCUT2D eigenvalue weighted by atomic mass is 9.88. The fourth-order valence-electron chi connectivity index (χ4n) is 4.85. The van der Waals surface area contributed by atoms with Crippen LogP contribution in [0.4, 0.5) is 5.69 Å². The van der Waals surface area contributed by atoms with Crippen molar-refractivity contribution >= 4 is 38.4 Å². The Morgan fingerprint density at radius 2 is 1.62 bits per heavy atom. The first kappa shape index (κ1) is 27.2. The van der Waals surface area contributed by atoms with E-state index in [9.17, 15) is 18.0 Å². The van der Waals surface area contributed by atoms with Crippen molar-refractivity contribution in [1.82, 2.24) is 5.32 Å². The zero-order chi connectivity index (χ0) is 28.1. The van der Waals surface area contributed by atoms with Crippen LogP contribution in [-0.2, 0) is 30.8 Å². The third-order valence-electron chi connectivity index (χ3n) is 7.01. The van der Waals surface area contributed by atoms with Gasteiger partial charge in [0.1, 0.15) is 5.75 Å². The molecule has 1 aliphatic carbocycles. The molecule has 0 bridgehead atoms. The number of anilines is 1. The molecule has 0 spiro atoms. The van der Waals surface area contributed by atoms with Crippen molar-refractivity contribution in [3.63, 3.8) is 0 Å². The highest BCUT2D eigenvalue weighted by Gasteiger charge is 2.23. The van der Waals surface area contributed by atoms with Crippen LogP contribution in [-0.4, -0.2) is 40.6 Å². The number of fused-ring (bicyclic) bond motifs is 2. The fraction of sp³-hybridized carbons (Fsp3) is 0.226. The van der Waals surface area contributed by atoms with Crippen LogP contribution in [0.2, 0.25) is 0 Å². The van der Waals surface area contributed by atoms with Gasteiger partial charge in [0, 0.05) is 7.05 Å². The number of hydrogen-bond donors (Lipinski definition) is 1. The predicted molar refractivity (Wildman–Crippen MR) is 153 cm³/mol. The van der Waals surface area contributed by atoms with E-state index in [1.807, 2.05) is 42.5 Å². The van der Waals surface area contributed by atoms with Crippen molar-refractivity contribution in [3.05, 3.63) is 102 Å². The molecule has 0 heterocycles. The molecule has 206 valence electrons. The Hall–Kier alpha value is -4.37. The minimum absolute atomic E-state index is 0.0888. The SMILES string of the molecule is CN(c1ccc(OCC(=O)OCC(=O)NC2CCCc3ccccc32)cc1)S(=O)(=O)c1ccc2ccccc2c1. The lowest BCUT2D eigenvalue weighted by molar-refractivity contribution is -0.150. The lowest BCUT2D eigenvalue weighted by Gasteiger charge is -2.26. The van der Waals surface area contributed by atoms with E-state index in [-0.39, 0.29) is 23.5 Å². The summed E-state index contributed by atoms with van der Waals surface area (Å²) < 4.78 is 38.1. The molecule has 1 unspecified atom stereocenters. The van der Waals surface area contributed by atoms with Crippen LogP contribution in [0.25, 0.3) is 10.8 Å². The number of aryl methyl sites for hydroxylation is 1. The third-order valence-corrected chi connectivity index (χ3v) is 8.79. The summed E-state index contributed by atoms with van der Waals surface area (Å²) in [5.74, 6) is -0.685. The second-order valence-electron chi connectivity index (χ2n) is 9.64. The zero-order valence-electron chi connectivity index (χ0n) is 22.1. The van der Waals surface area contributed by atoms with E-state index in [4.69, 9.17) is 9.47 Å². The first-order chi connectivity index (χ1) is 19.3.